The largest absolute Gasteiger partial charge is 0.496 e. The number of methoxy groups -OCH3 is 1. The van der Waals surface area contributed by atoms with E-state index in [1.54, 1.807) is 7.11 Å². The van der Waals surface area contributed by atoms with E-state index in [0.29, 0.717) is 6.54 Å². The summed E-state index contributed by atoms with van der Waals surface area (Å²) in [6.45, 7) is 4.68. The zero-order valence-corrected chi connectivity index (χ0v) is 11.5. The highest BCUT2D eigenvalue weighted by Gasteiger charge is 2.16. The van der Waals surface area contributed by atoms with Crippen molar-refractivity contribution in [1.82, 2.24) is 5.32 Å². The van der Waals surface area contributed by atoms with E-state index in [-0.39, 0.29) is 12.1 Å². The minimum absolute atomic E-state index is 0.101. The first-order valence-corrected chi connectivity index (χ1v) is 5.96. The maximum Gasteiger partial charge on any atom is 0.123 e. The zero-order valence-electron chi connectivity index (χ0n) is 9.88. The Morgan fingerprint density at radius 1 is 1.44 bits per heavy atom. The molecule has 1 aromatic carbocycles. The third-order valence-electron chi connectivity index (χ3n) is 2.40. The second kappa shape index (κ2) is 5.66. The normalized spacial score (nSPS) is 11.6. The second-order valence-electron chi connectivity index (χ2n) is 4.35. The van der Waals surface area contributed by atoms with Crippen molar-refractivity contribution in [2.24, 2.45) is 0 Å². The van der Waals surface area contributed by atoms with Crippen molar-refractivity contribution >= 4 is 15.9 Å². The molecule has 0 aromatic heterocycles. The van der Waals surface area contributed by atoms with E-state index in [2.05, 4.69) is 21.2 Å². The number of aliphatic hydroxyl groups excluding tert-OH is 1. The van der Waals surface area contributed by atoms with Crippen molar-refractivity contribution in [3.63, 3.8) is 0 Å². The molecule has 0 unspecified atom stereocenters. The summed E-state index contributed by atoms with van der Waals surface area (Å²) in [4.78, 5) is 0. The topological polar surface area (TPSA) is 41.5 Å². The molecule has 0 aliphatic rings. The van der Waals surface area contributed by atoms with E-state index in [4.69, 9.17) is 9.84 Å². The molecule has 0 heterocycles. The van der Waals surface area contributed by atoms with Gasteiger partial charge in [0.1, 0.15) is 5.75 Å². The van der Waals surface area contributed by atoms with Crippen molar-refractivity contribution in [3.05, 3.63) is 28.2 Å². The lowest BCUT2D eigenvalue weighted by molar-refractivity contribution is 0.187. The van der Waals surface area contributed by atoms with Crippen molar-refractivity contribution in [3.8, 4) is 5.75 Å². The predicted molar refractivity (Wildman–Crippen MR) is 68.7 cm³/mol. The van der Waals surface area contributed by atoms with E-state index < -0.39 is 0 Å². The van der Waals surface area contributed by atoms with Crippen LogP contribution in [0.4, 0.5) is 0 Å². The van der Waals surface area contributed by atoms with Crippen LogP contribution in [0.15, 0.2) is 22.7 Å². The average Bonchev–Trinajstić information content (AvgIpc) is 2.27. The number of hydrogen-bond donors (Lipinski definition) is 2. The smallest absolute Gasteiger partial charge is 0.123 e. The third kappa shape index (κ3) is 3.77. The molecular weight excluding hydrogens is 270 g/mol. The van der Waals surface area contributed by atoms with E-state index in [1.165, 1.54) is 0 Å². The minimum Gasteiger partial charge on any atom is -0.496 e. The van der Waals surface area contributed by atoms with E-state index in [0.717, 1.165) is 15.8 Å². The summed E-state index contributed by atoms with van der Waals surface area (Å²) in [5.74, 6) is 0.851. The Kier molecular flexibility index (Phi) is 4.77. The summed E-state index contributed by atoms with van der Waals surface area (Å²) in [5.41, 5.74) is 0.784. The number of ether oxygens (including phenoxy) is 1. The van der Waals surface area contributed by atoms with Crippen molar-refractivity contribution in [2.75, 3.05) is 13.7 Å². The molecule has 0 saturated carbocycles. The highest BCUT2D eigenvalue weighted by molar-refractivity contribution is 9.10. The fourth-order valence-corrected chi connectivity index (χ4v) is 1.68. The highest BCUT2D eigenvalue weighted by Crippen LogP contribution is 2.23. The molecule has 0 atom stereocenters. The molecule has 0 radical (unpaired) electrons. The number of halogens is 1. The Balaban J connectivity index is 2.76. The lowest BCUT2D eigenvalue weighted by atomic mass is 10.1. The summed E-state index contributed by atoms with van der Waals surface area (Å²) in [6.07, 6.45) is 0. The van der Waals surface area contributed by atoms with Gasteiger partial charge < -0.3 is 15.2 Å². The van der Waals surface area contributed by atoms with E-state index >= 15 is 0 Å². The van der Waals surface area contributed by atoms with Gasteiger partial charge in [0.05, 0.1) is 13.7 Å². The van der Waals surface area contributed by atoms with Gasteiger partial charge in [-0.2, -0.15) is 0 Å². The first kappa shape index (κ1) is 13.5. The van der Waals surface area contributed by atoms with Crippen LogP contribution in [0, 0.1) is 0 Å². The third-order valence-corrected chi connectivity index (χ3v) is 2.89. The van der Waals surface area contributed by atoms with E-state index in [9.17, 15) is 0 Å². The minimum atomic E-state index is -0.284. The lowest BCUT2D eigenvalue weighted by Crippen LogP contribution is -2.42. The van der Waals surface area contributed by atoms with Gasteiger partial charge in [0.15, 0.2) is 0 Å². The molecule has 0 bridgehead atoms. The van der Waals surface area contributed by atoms with Crippen LogP contribution >= 0.6 is 15.9 Å². The fourth-order valence-electron chi connectivity index (χ4n) is 1.28. The fraction of sp³-hybridized carbons (Fsp3) is 0.500. The van der Waals surface area contributed by atoms with Gasteiger partial charge in [-0.3, -0.25) is 0 Å². The molecule has 3 nitrogen and oxygen atoms in total. The molecule has 90 valence electrons. The quantitative estimate of drug-likeness (QED) is 0.873. The summed E-state index contributed by atoms with van der Waals surface area (Å²) < 4.78 is 6.30. The van der Waals surface area contributed by atoms with Gasteiger partial charge in [-0.1, -0.05) is 15.9 Å². The predicted octanol–water partition coefficient (Wildman–Crippen LogP) is 2.32. The molecule has 1 rings (SSSR count). The van der Waals surface area contributed by atoms with Gasteiger partial charge in [-0.15, -0.1) is 0 Å². The molecule has 0 spiro atoms. The van der Waals surface area contributed by atoms with Crippen LogP contribution in [0.25, 0.3) is 0 Å². The first-order valence-electron chi connectivity index (χ1n) is 5.17. The van der Waals surface area contributed by atoms with Gasteiger partial charge in [-0.05, 0) is 32.0 Å². The summed E-state index contributed by atoms with van der Waals surface area (Å²) >= 11 is 3.43. The van der Waals surface area contributed by atoms with Gasteiger partial charge >= 0.3 is 0 Å². The van der Waals surface area contributed by atoms with Crippen LogP contribution < -0.4 is 10.1 Å². The molecule has 0 amide bonds. The van der Waals surface area contributed by atoms with Gasteiger partial charge in [-0.25, -0.2) is 0 Å². The van der Waals surface area contributed by atoms with Crippen LogP contribution in [0.5, 0.6) is 5.75 Å². The monoisotopic (exact) mass is 287 g/mol. The first-order chi connectivity index (χ1) is 7.48. The van der Waals surface area contributed by atoms with E-state index in [1.807, 2.05) is 32.0 Å². The summed E-state index contributed by atoms with van der Waals surface area (Å²) in [7, 11) is 1.66. The lowest BCUT2D eigenvalue weighted by Gasteiger charge is -2.24. The van der Waals surface area contributed by atoms with Gasteiger partial charge in [0.2, 0.25) is 0 Å². The molecule has 0 fully saturated rings. The van der Waals surface area contributed by atoms with Crippen LogP contribution in [-0.4, -0.2) is 24.4 Å². The molecular formula is C12H18BrNO2. The number of aliphatic hydroxyl groups is 1. The zero-order chi connectivity index (χ0) is 12.2. The molecule has 0 saturated heterocycles. The molecule has 4 heteroatoms. The summed E-state index contributed by atoms with van der Waals surface area (Å²) in [5, 5.41) is 12.4. The molecule has 0 aliphatic heterocycles. The Morgan fingerprint density at radius 2 is 2.12 bits per heavy atom. The Morgan fingerprint density at radius 3 is 2.69 bits per heavy atom. The Hall–Kier alpha value is -0.580. The van der Waals surface area contributed by atoms with Crippen molar-refractivity contribution in [1.29, 1.82) is 0 Å². The number of nitrogens with one attached hydrogen (secondary N) is 1. The Labute approximate surface area is 105 Å². The molecule has 0 aliphatic carbocycles. The summed E-state index contributed by atoms with van der Waals surface area (Å²) in [6, 6.07) is 5.88. The molecule has 2 N–H and O–H groups in total. The SMILES string of the molecule is COc1ccc(Br)cc1CNC(C)(C)CO. The number of benzene rings is 1. The Bertz CT molecular complexity index is 353. The molecule has 16 heavy (non-hydrogen) atoms. The van der Waals surface area contributed by atoms with Crippen LogP contribution in [-0.2, 0) is 6.54 Å². The van der Waals surface area contributed by atoms with Crippen LogP contribution in [0.1, 0.15) is 19.4 Å². The van der Waals surface area contributed by atoms with Crippen LogP contribution in [0.2, 0.25) is 0 Å². The number of rotatable bonds is 5. The standard InChI is InChI=1S/C12H18BrNO2/c1-12(2,8-15)14-7-9-6-10(13)4-5-11(9)16-3/h4-6,14-15H,7-8H2,1-3H3. The van der Waals surface area contributed by atoms with Crippen molar-refractivity contribution < 1.29 is 9.84 Å². The molecule has 1 aromatic rings. The highest BCUT2D eigenvalue weighted by atomic mass is 79.9. The maximum absolute atomic E-state index is 9.15. The van der Waals surface area contributed by atoms with Gasteiger partial charge in [0, 0.05) is 22.1 Å². The second-order valence-corrected chi connectivity index (χ2v) is 5.27. The average molecular weight is 288 g/mol. The number of hydrogen-bond acceptors (Lipinski definition) is 3. The van der Waals surface area contributed by atoms with Crippen molar-refractivity contribution in [2.45, 2.75) is 25.9 Å². The van der Waals surface area contributed by atoms with Crippen LogP contribution in [0.3, 0.4) is 0 Å². The maximum atomic E-state index is 9.15. The van der Waals surface area contributed by atoms with Gasteiger partial charge in [0.25, 0.3) is 0 Å².